The van der Waals surface area contributed by atoms with Gasteiger partial charge in [-0.2, -0.15) is 12.7 Å². The van der Waals surface area contributed by atoms with Crippen molar-refractivity contribution in [2.45, 2.75) is 12.8 Å². The van der Waals surface area contributed by atoms with E-state index < -0.39 is 33.3 Å². The molecule has 1 heterocycles. The first kappa shape index (κ1) is 16.1. The van der Waals surface area contributed by atoms with E-state index in [0.717, 1.165) is 4.31 Å². The Morgan fingerprint density at radius 3 is 2.57 bits per heavy atom. The van der Waals surface area contributed by atoms with Crippen molar-refractivity contribution in [3.05, 3.63) is 29.6 Å². The number of rotatable bonds is 4. The Balaban J connectivity index is 2.19. The molecule has 0 aromatic heterocycles. The predicted octanol–water partition coefficient (Wildman–Crippen LogP) is 1.46. The normalized spacial score (nSPS) is 20.5. The summed E-state index contributed by atoms with van der Waals surface area (Å²) in [5.41, 5.74) is -0.653. The summed E-state index contributed by atoms with van der Waals surface area (Å²) in [6, 6.07) is 0.732. The van der Waals surface area contributed by atoms with Crippen LogP contribution in [0.5, 0.6) is 0 Å². The molecule has 1 unspecified atom stereocenters. The van der Waals surface area contributed by atoms with Crippen molar-refractivity contribution in [2.24, 2.45) is 5.92 Å². The van der Waals surface area contributed by atoms with E-state index in [1.54, 1.807) is 0 Å². The Bertz CT molecular complexity index is 624. The minimum absolute atomic E-state index is 0.0944. The Hall–Kier alpha value is -1.32. The van der Waals surface area contributed by atoms with Gasteiger partial charge in [0.15, 0.2) is 11.6 Å². The number of benzene rings is 1. The van der Waals surface area contributed by atoms with Crippen molar-refractivity contribution < 1.29 is 26.7 Å². The summed E-state index contributed by atoms with van der Waals surface area (Å²) in [7, 11) is -4.09. The van der Waals surface area contributed by atoms with Gasteiger partial charge in [0.1, 0.15) is 5.82 Å². The molecule has 2 N–H and O–H groups in total. The number of hydrogen-bond donors (Lipinski definition) is 2. The van der Waals surface area contributed by atoms with Crippen molar-refractivity contribution in [1.29, 1.82) is 0 Å². The van der Waals surface area contributed by atoms with Crippen LogP contribution in [0.4, 0.5) is 18.9 Å². The van der Waals surface area contributed by atoms with Crippen LogP contribution in [-0.2, 0) is 10.2 Å². The standard InChI is InChI=1S/C12H15F3N2O3S/c13-9-4-11(15)12(5-10(9)14)16-21(19,20)17-3-1-2-8(6-17)7-18/h4-5,8,16,18H,1-3,6-7H2. The zero-order valence-corrected chi connectivity index (χ0v) is 11.8. The summed E-state index contributed by atoms with van der Waals surface area (Å²) in [6.45, 7) is 0.166. The molecule has 9 heteroatoms. The molecule has 0 aliphatic carbocycles. The quantitative estimate of drug-likeness (QED) is 0.824. The fourth-order valence-corrected chi connectivity index (χ4v) is 3.54. The van der Waals surface area contributed by atoms with Gasteiger partial charge in [-0.1, -0.05) is 0 Å². The Morgan fingerprint density at radius 2 is 1.90 bits per heavy atom. The van der Waals surface area contributed by atoms with Crippen LogP contribution in [0.3, 0.4) is 0 Å². The molecule has 0 bridgehead atoms. The van der Waals surface area contributed by atoms with Crippen LogP contribution in [-0.4, -0.2) is 37.5 Å². The number of nitrogens with zero attached hydrogens (tertiary/aromatic N) is 1. The lowest BCUT2D eigenvalue weighted by Gasteiger charge is -2.31. The molecule has 0 amide bonds. The van der Waals surface area contributed by atoms with E-state index in [1.807, 2.05) is 4.72 Å². The van der Waals surface area contributed by atoms with Gasteiger partial charge in [0.05, 0.1) is 5.69 Å². The predicted molar refractivity (Wildman–Crippen MR) is 70.2 cm³/mol. The maximum atomic E-state index is 13.5. The second kappa shape index (κ2) is 6.20. The van der Waals surface area contributed by atoms with Gasteiger partial charge in [-0.25, -0.2) is 13.2 Å². The van der Waals surface area contributed by atoms with Crippen LogP contribution in [0.25, 0.3) is 0 Å². The summed E-state index contributed by atoms with van der Waals surface area (Å²) in [5.74, 6) is -4.13. The summed E-state index contributed by atoms with van der Waals surface area (Å²) in [6.07, 6.45) is 1.26. The molecule has 2 rings (SSSR count). The maximum absolute atomic E-state index is 13.5. The number of aliphatic hydroxyl groups is 1. The maximum Gasteiger partial charge on any atom is 0.301 e. The highest BCUT2D eigenvalue weighted by Gasteiger charge is 2.29. The highest BCUT2D eigenvalue weighted by molar-refractivity contribution is 7.90. The molecule has 1 saturated heterocycles. The summed E-state index contributed by atoms with van der Waals surface area (Å²) in [5, 5.41) is 9.08. The molecule has 1 aromatic rings. The third-order valence-corrected chi connectivity index (χ3v) is 4.82. The van der Waals surface area contributed by atoms with Gasteiger partial charge >= 0.3 is 10.2 Å². The van der Waals surface area contributed by atoms with E-state index in [4.69, 9.17) is 5.11 Å². The Labute approximate surface area is 120 Å². The highest BCUT2D eigenvalue weighted by atomic mass is 32.2. The Morgan fingerprint density at radius 1 is 1.24 bits per heavy atom. The number of aliphatic hydroxyl groups excluding tert-OH is 1. The van der Waals surface area contributed by atoms with Crippen LogP contribution < -0.4 is 4.72 Å². The molecular weight excluding hydrogens is 309 g/mol. The first-order valence-electron chi connectivity index (χ1n) is 6.37. The highest BCUT2D eigenvalue weighted by Crippen LogP contribution is 2.23. The lowest BCUT2D eigenvalue weighted by molar-refractivity contribution is 0.166. The van der Waals surface area contributed by atoms with Crippen molar-refractivity contribution in [1.82, 2.24) is 4.31 Å². The van der Waals surface area contributed by atoms with Gasteiger partial charge in [-0.3, -0.25) is 4.72 Å². The molecule has 5 nitrogen and oxygen atoms in total. The minimum atomic E-state index is -4.09. The number of nitrogens with one attached hydrogen (secondary N) is 1. The molecular formula is C12H15F3N2O3S. The third-order valence-electron chi connectivity index (χ3n) is 3.33. The van der Waals surface area contributed by atoms with Crippen LogP contribution in [0, 0.1) is 23.4 Å². The summed E-state index contributed by atoms with van der Waals surface area (Å²) in [4.78, 5) is 0. The Kier molecular flexibility index (Phi) is 4.74. The van der Waals surface area contributed by atoms with Crippen molar-refractivity contribution in [3.8, 4) is 0 Å². The molecule has 1 aliphatic heterocycles. The lowest BCUT2D eigenvalue weighted by Crippen LogP contribution is -2.43. The zero-order chi connectivity index (χ0) is 15.6. The molecule has 1 atom stereocenters. The molecule has 0 spiro atoms. The van der Waals surface area contributed by atoms with E-state index in [-0.39, 0.29) is 31.7 Å². The van der Waals surface area contributed by atoms with Gasteiger partial charge in [0.25, 0.3) is 0 Å². The topological polar surface area (TPSA) is 69.6 Å². The number of halogens is 3. The fraction of sp³-hybridized carbons (Fsp3) is 0.500. The van der Waals surface area contributed by atoms with Crippen LogP contribution >= 0.6 is 0 Å². The molecule has 1 fully saturated rings. The first-order chi connectivity index (χ1) is 9.83. The van der Waals surface area contributed by atoms with E-state index >= 15 is 0 Å². The third kappa shape index (κ3) is 3.66. The molecule has 21 heavy (non-hydrogen) atoms. The average molecular weight is 324 g/mol. The van der Waals surface area contributed by atoms with E-state index in [0.29, 0.717) is 18.9 Å². The second-order valence-electron chi connectivity index (χ2n) is 4.90. The average Bonchev–Trinajstić information content (AvgIpc) is 2.44. The molecule has 118 valence electrons. The molecule has 0 radical (unpaired) electrons. The van der Waals surface area contributed by atoms with Crippen LogP contribution in [0.1, 0.15) is 12.8 Å². The fourth-order valence-electron chi connectivity index (χ4n) is 2.20. The molecule has 1 aromatic carbocycles. The number of piperidine rings is 1. The summed E-state index contributed by atoms with van der Waals surface area (Å²) < 4.78 is 66.6. The van der Waals surface area contributed by atoms with Crippen molar-refractivity contribution in [3.63, 3.8) is 0 Å². The van der Waals surface area contributed by atoms with Gasteiger partial charge in [0.2, 0.25) is 0 Å². The van der Waals surface area contributed by atoms with Crippen LogP contribution in [0.15, 0.2) is 12.1 Å². The van der Waals surface area contributed by atoms with Gasteiger partial charge < -0.3 is 5.11 Å². The smallest absolute Gasteiger partial charge is 0.301 e. The first-order valence-corrected chi connectivity index (χ1v) is 7.81. The molecule has 1 aliphatic rings. The van der Waals surface area contributed by atoms with Gasteiger partial charge in [-0.05, 0) is 18.8 Å². The largest absolute Gasteiger partial charge is 0.396 e. The monoisotopic (exact) mass is 324 g/mol. The van der Waals surface area contributed by atoms with E-state index in [1.165, 1.54) is 0 Å². The van der Waals surface area contributed by atoms with Gasteiger partial charge in [0, 0.05) is 31.8 Å². The summed E-state index contributed by atoms with van der Waals surface area (Å²) >= 11 is 0. The number of anilines is 1. The number of hydrogen-bond acceptors (Lipinski definition) is 3. The van der Waals surface area contributed by atoms with Crippen LogP contribution in [0.2, 0.25) is 0 Å². The second-order valence-corrected chi connectivity index (χ2v) is 6.57. The molecule has 0 saturated carbocycles. The van der Waals surface area contributed by atoms with Crippen molar-refractivity contribution in [2.75, 3.05) is 24.4 Å². The minimum Gasteiger partial charge on any atom is -0.396 e. The lowest BCUT2D eigenvalue weighted by atomic mass is 10.0. The van der Waals surface area contributed by atoms with Crippen molar-refractivity contribution >= 4 is 15.9 Å². The van der Waals surface area contributed by atoms with E-state index in [2.05, 4.69) is 0 Å². The zero-order valence-electron chi connectivity index (χ0n) is 11.0. The SMILES string of the molecule is O=S(=O)(Nc1cc(F)c(F)cc1F)N1CCCC(CO)C1. The van der Waals surface area contributed by atoms with E-state index in [9.17, 15) is 21.6 Å². The van der Waals surface area contributed by atoms with Gasteiger partial charge in [-0.15, -0.1) is 0 Å².